The van der Waals surface area contributed by atoms with E-state index in [0.717, 1.165) is 17.7 Å². The summed E-state index contributed by atoms with van der Waals surface area (Å²) in [7, 11) is 1.57. The fraction of sp³-hybridized carbons (Fsp3) is 0.533. The van der Waals surface area contributed by atoms with E-state index in [9.17, 15) is 8.78 Å². The number of aliphatic imine (C=N–C) groups is 1. The minimum absolute atomic E-state index is 0.0335. The number of benzene rings is 1. The van der Waals surface area contributed by atoms with Gasteiger partial charge in [-0.3, -0.25) is 4.99 Å². The maximum absolute atomic E-state index is 12.3. The molecule has 1 aliphatic rings. The number of hydrogen-bond donors (Lipinski definition) is 2. The van der Waals surface area contributed by atoms with Crippen molar-refractivity contribution in [3.63, 3.8) is 0 Å². The molecule has 0 radical (unpaired) electrons. The Morgan fingerprint density at radius 2 is 2.14 bits per heavy atom. The zero-order chi connectivity index (χ0) is 15.5. The lowest BCUT2D eigenvalue weighted by molar-refractivity contribution is 0.0692. The van der Waals surface area contributed by atoms with Crippen LogP contribution in [0.1, 0.15) is 31.9 Å². The molecule has 6 heteroatoms. The molecule has 0 saturated carbocycles. The van der Waals surface area contributed by atoms with Crippen molar-refractivity contribution in [1.29, 1.82) is 0 Å². The molecule has 116 valence electrons. The minimum Gasteiger partial charge on any atom is -0.487 e. The summed E-state index contributed by atoms with van der Waals surface area (Å²) in [5, 5.41) is 5.82. The molecular weight excluding hydrogens is 276 g/mol. The zero-order valence-corrected chi connectivity index (χ0v) is 12.5. The Balaban J connectivity index is 2.15. The molecular formula is C15H21F2N3O. The summed E-state index contributed by atoms with van der Waals surface area (Å²) >= 11 is 0. The van der Waals surface area contributed by atoms with E-state index in [-0.39, 0.29) is 11.6 Å². The highest BCUT2D eigenvalue weighted by Crippen LogP contribution is 2.39. The molecule has 0 bridgehead atoms. The predicted octanol–water partition coefficient (Wildman–Crippen LogP) is 2.72. The van der Waals surface area contributed by atoms with E-state index in [1.165, 1.54) is 0 Å². The van der Waals surface area contributed by atoms with Gasteiger partial charge in [0.1, 0.15) is 11.4 Å². The number of guanidine groups is 1. The number of nitrogens with one attached hydrogen (secondary N) is 2. The molecule has 21 heavy (non-hydrogen) atoms. The number of halogens is 2. The van der Waals surface area contributed by atoms with Crippen LogP contribution < -0.4 is 15.4 Å². The Hall–Kier alpha value is -1.85. The van der Waals surface area contributed by atoms with Gasteiger partial charge in [0.25, 0.3) is 6.43 Å². The monoisotopic (exact) mass is 297 g/mol. The minimum atomic E-state index is -2.41. The van der Waals surface area contributed by atoms with E-state index in [4.69, 9.17) is 4.74 Å². The average molecular weight is 297 g/mol. The molecule has 1 aliphatic heterocycles. The summed E-state index contributed by atoms with van der Waals surface area (Å²) < 4.78 is 30.6. The summed E-state index contributed by atoms with van der Waals surface area (Å²) in [5.41, 5.74) is 0.685. The number of para-hydroxylation sites is 1. The molecule has 1 heterocycles. The molecule has 1 aromatic rings. The normalized spacial score (nSPS) is 20.7. The zero-order valence-electron chi connectivity index (χ0n) is 12.5. The molecule has 1 aromatic carbocycles. The Morgan fingerprint density at radius 3 is 2.81 bits per heavy atom. The van der Waals surface area contributed by atoms with E-state index < -0.39 is 13.0 Å². The average Bonchev–Trinajstić information content (AvgIpc) is 2.41. The van der Waals surface area contributed by atoms with Crippen molar-refractivity contribution in [2.45, 2.75) is 38.3 Å². The van der Waals surface area contributed by atoms with Crippen LogP contribution in [0.5, 0.6) is 5.75 Å². The molecule has 0 aromatic heterocycles. The van der Waals surface area contributed by atoms with Crippen LogP contribution >= 0.6 is 0 Å². The van der Waals surface area contributed by atoms with Crippen LogP contribution in [-0.2, 0) is 0 Å². The van der Waals surface area contributed by atoms with Gasteiger partial charge in [0.2, 0.25) is 0 Å². The highest BCUT2D eigenvalue weighted by molar-refractivity contribution is 5.80. The highest BCUT2D eigenvalue weighted by atomic mass is 19.3. The van der Waals surface area contributed by atoms with Gasteiger partial charge in [-0.1, -0.05) is 18.2 Å². The first-order chi connectivity index (χ1) is 9.91. The van der Waals surface area contributed by atoms with Crippen molar-refractivity contribution in [3.05, 3.63) is 29.8 Å². The van der Waals surface area contributed by atoms with Gasteiger partial charge in [-0.05, 0) is 19.9 Å². The number of hydrogen-bond acceptors (Lipinski definition) is 2. The van der Waals surface area contributed by atoms with Crippen molar-refractivity contribution in [2.75, 3.05) is 13.6 Å². The molecule has 0 aliphatic carbocycles. The Bertz CT molecular complexity index is 517. The smallest absolute Gasteiger partial charge is 0.255 e. The topological polar surface area (TPSA) is 45.7 Å². The van der Waals surface area contributed by atoms with Crippen LogP contribution in [0, 0.1) is 0 Å². The Labute approximate surface area is 123 Å². The van der Waals surface area contributed by atoms with Crippen LogP contribution in [0.15, 0.2) is 29.3 Å². The maximum Gasteiger partial charge on any atom is 0.255 e. The summed E-state index contributed by atoms with van der Waals surface area (Å²) in [6, 6.07) is 7.71. The number of fused-ring (bicyclic) bond motifs is 1. The van der Waals surface area contributed by atoms with Crippen molar-refractivity contribution < 1.29 is 13.5 Å². The molecule has 1 unspecified atom stereocenters. The summed E-state index contributed by atoms with van der Waals surface area (Å²) in [6.07, 6.45) is -1.69. The lowest BCUT2D eigenvalue weighted by Gasteiger charge is -2.38. The fourth-order valence-corrected chi connectivity index (χ4v) is 2.46. The lowest BCUT2D eigenvalue weighted by Crippen LogP contribution is -2.46. The second-order valence-corrected chi connectivity index (χ2v) is 5.64. The highest BCUT2D eigenvalue weighted by Gasteiger charge is 2.33. The summed E-state index contributed by atoms with van der Waals surface area (Å²) in [4.78, 5) is 4.00. The Morgan fingerprint density at radius 1 is 1.43 bits per heavy atom. The van der Waals surface area contributed by atoms with Crippen molar-refractivity contribution in [1.82, 2.24) is 10.6 Å². The first-order valence-electron chi connectivity index (χ1n) is 6.94. The van der Waals surface area contributed by atoms with Crippen LogP contribution in [0.3, 0.4) is 0 Å². The van der Waals surface area contributed by atoms with Gasteiger partial charge in [-0.2, -0.15) is 0 Å². The van der Waals surface area contributed by atoms with E-state index in [1.54, 1.807) is 7.05 Å². The first kappa shape index (κ1) is 15.5. The van der Waals surface area contributed by atoms with Gasteiger partial charge in [0, 0.05) is 19.0 Å². The predicted molar refractivity (Wildman–Crippen MR) is 79.0 cm³/mol. The largest absolute Gasteiger partial charge is 0.487 e. The van der Waals surface area contributed by atoms with Gasteiger partial charge in [0.05, 0.1) is 12.6 Å². The van der Waals surface area contributed by atoms with Crippen LogP contribution in [-0.4, -0.2) is 31.6 Å². The van der Waals surface area contributed by atoms with E-state index in [2.05, 4.69) is 15.6 Å². The van der Waals surface area contributed by atoms with Crippen molar-refractivity contribution in [3.8, 4) is 5.75 Å². The van der Waals surface area contributed by atoms with E-state index in [0.29, 0.717) is 5.96 Å². The summed E-state index contributed by atoms with van der Waals surface area (Å²) in [6.45, 7) is 3.59. The molecule has 0 amide bonds. The number of rotatable bonds is 3. The van der Waals surface area contributed by atoms with Crippen LogP contribution in [0.25, 0.3) is 0 Å². The van der Waals surface area contributed by atoms with Gasteiger partial charge in [-0.25, -0.2) is 8.78 Å². The van der Waals surface area contributed by atoms with Gasteiger partial charge < -0.3 is 15.4 Å². The van der Waals surface area contributed by atoms with Gasteiger partial charge in [-0.15, -0.1) is 0 Å². The SMILES string of the molecule is CN=C(NCC(F)F)NC1CC(C)(C)Oc2ccccc21. The molecule has 2 N–H and O–H groups in total. The number of alkyl halides is 2. The third-order valence-electron chi connectivity index (χ3n) is 3.33. The second kappa shape index (κ2) is 6.28. The van der Waals surface area contributed by atoms with Crippen molar-refractivity contribution in [2.24, 2.45) is 4.99 Å². The maximum atomic E-state index is 12.3. The molecule has 1 atom stereocenters. The molecule has 0 saturated heterocycles. The Kier molecular flexibility index (Phi) is 4.65. The van der Waals surface area contributed by atoms with Crippen molar-refractivity contribution >= 4 is 5.96 Å². The molecule has 0 fully saturated rings. The standard InChI is InChI=1S/C15H21F2N3O/c1-15(2)8-11(10-6-4-5-7-12(10)21-15)20-14(18-3)19-9-13(16)17/h4-7,11,13H,8-9H2,1-3H3,(H2,18,19,20). The van der Waals surface area contributed by atoms with Crippen LogP contribution in [0.4, 0.5) is 8.78 Å². The summed E-state index contributed by atoms with van der Waals surface area (Å²) in [5.74, 6) is 1.18. The van der Waals surface area contributed by atoms with Gasteiger partial charge >= 0.3 is 0 Å². The van der Waals surface area contributed by atoms with Gasteiger partial charge in [0.15, 0.2) is 5.96 Å². The molecule has 2 rings (SSSR count). The lowest BCUT2D eigenvalue weighted by atomic mass is 9.90. The number of nitrogens with zero attached hydrogens (tertiary/aromatic N) is 1. The second-order valence-electron chi connectivity index (χ2n) is 5.64. The van der Waals surface area contributed by atoms with E-state index in [1.807, 2.05) is 38.1 Å². The molecule has 4 nitrogen and oxygen atoms in total. The third kappa shape index (κ3) is 4.06. The third-order valence-corrected chi connectivity index (χ3v) is 3.33. The molecule has 0 spiro atoms. The fourth-order valence-electron chi connectivity index (χ4n) is 2.46. The first-order valence-corrected chi connectivity index (χ1v) is 6.94. The number of ether oxygens (including phenoxy) is 1. The van der Waals surface area contributed by atoms with E-state index >= 15 is 0 Å². The quantitative estimate of drug-likeness (QED) is 0.666. The van der Waals surface area contributed by atoms with Crippen LogP contribution in [0.2, 0.25) is 0 Å².